The molecule has 0 fully saturated rings. The number of benzene rings is 2. The molecule has 0 spiro atoms. The molecule has 0 aliphatic carbocycles. The Morgan fingerprint density at radius 3 is 2.90 bits per heavy atom. The summed E-state index contributed by atoms with van der Waals surface area (Å²) in [4.78, 5) is 0. The van der Waals surface area contributed by atoms with Crippen molar-refractivity contribution in [3.05, 3.63) is 57.6 Å². The van der Waals surface area contributed by atoms with E-state index >= 15 is 0 Å². The van der Waals surface area contributed by atoms with Gasteiger partial charge in [0.25, 0.3) is 0 Å². The first-order valence-electron chi connectivity index (χ1n) is 6.53. The molecule has 2 aromatic carbocycles. The summed E-state index contributed by atoms with van der Waals surface area (Å²) in [6.07, 6.45) is 0.952. The Morgan fingerprint density at radius 1 is 1.25 bits per heavy atom. The maximum atomic E-state index is 6.40. The molecular weight excluding hydrogens is 318 g/mol. The van der Waals surface area contributed by atoms with Crippen molar-refractivity contribution in [1.82, 2.24) is 0 Å². The first-order valence-corrected chi connectivity index (χ1v) is 7.33. The van der Waals surface area contributed by atoms with Crippen LogP contribution in [0.4, 0.5) is 0 Å². The fourth-order valence-electron chi connectivity index (χ4n) is 2.52. The molecule has 2 aromatic rings. The topological polar surface area (TPSA) is 44.5 Å². The minimum atomic E-state index is -0.205. The number of hydrogen-bond acceptors (Lipinski definition) is 3. The molecule has 104 valence electrons. The van der Waals surface area contributed by atoms with Crippen LogP contribution in [0.1, 0.15) is 22.7 Å². The highest BCUT2D eigenvalue weighted by Crippen LogP contribution is 2.34. The van der Waals surface area contributed by atoms with E-state index in [0.717, 1.165) is 40.1 Å². The normalized spacial score (nSPS) is 14.6. The van der Waals surface area contributed by atoms with Crippen molar-refractivity contribution in [3.63, 3.8) is 0 Å². The third kappa shape index (κ3) is 2.41. The quantitative estimate of drug-likeness (QED) is 0.935. The highest BCUT2D eigenvalue weighted by Gasteiger charge is 2.18. The van der Waals surface area contributed by atoms with Gasteiger partial charge < -0.3 is 15.2 Å². The molecule has 0 bridgehead atoms. The number of halogens is 1. The van der Waals surface area contributed by atoms with E-state index in [0.29, 0.717) is 0 Å². The van der Waals surface area contributed by atoms with Crippen molar-refractivity contribution in [1.29, 1.82) is 0 Å². The number of methoxy groups -OCH3 is 1. The highest BCUT2D eigenvalue weighted by molar-refractivity contribution is 9.10. The van der Waals surface area contributed by atoms with Gasteiger partial charge in [-0.25, -0.2) is 0 Å². The van der Waals surface area contributed by atoms with Gasteiger partial charge in [0, 0.05) is 16.5 Å². The Hall–Kier alpha value is -1.52. The summed E-state index contributed by atoms with van der Waals surface area (Å²) in [5.41, 5.74) is 9.69. The Bertz CT molecular complexity index is 642. The third-order valence-corrected chi connectivity index (χ3v) is 4.10. The molecule has 0 radical (unpaired) electrons. The van der Waals surface area contributed by atoms with Crippen LogP contribution in [0.2, 0.25) is 0 Å². The summed E-state index contributed by atoms with van der Waals surface area (Å²) in [5.74, 6) is 1.77. The minimum absolute atomic E-state index is 0.205. The zero-order valence-electron chi connectivity index (χ0n) is 11.2. The molecule has 4 heteroatoms. The van der Waals surface area contributed by atoms with E-state index in [2.05, 4.69) is 22.0 Å². The van der Waals surface area contributed by atoms with Gasteiger partial charge in [0.2, 0.25) is 0 Å². The lowest BCUT2D eigenvalue weighted by atomic mass is 9.96. The SMILES string of the molecule is COc1cc(Br)ccc1C(N)c1ccc2c(c1)CCO2. The molecule has 20 heavy (non-hydrogen) atoms. The zero-order chi connectivity index (χ0) is 14.1. The fraction of sp³-hybridized carbons (Fsp3) is 0.250. The van der Waals surface area contributed by atoms with Gasteiger partial charge in [0.1, 0.15) is 11.5 Å². The van der Waals surface area contributed by atoms with E-state index in [4.69, 9.17) is 15.2 Å². The summed E-state index contributed by atoms with van der Waals surface area (Å²) in [7, 11) is 1.66. The van der Waals surface area contributed by atoms with E-state index in [9.17, 15) is 0 Å². The van der Waals surface area contributed by atoms with Crippen LogP contribution in [0.25, 0.3) is 0 Å². The van der Waals surface area contributed by atoms with Gasteiger partial charge in [-0.15, -0.1) is 0 Å². The molecule has 1 aliphatic heterocycles. The summed E-state index contributed by atoms with van der Waals surface area (Å²) in [6.45, 7) is 0.760. The molecule has 2 N–H and O–H groups in total. The second kappa shape index (κ2) is 5.46. The van der Waals surface area contributed by atoms with Crippen molar-refractivity contribution >= 4 is 15.9 Å². The van der Waals surface area contributed by atoms with Crippen molar-refractivity contribution in [2.24, 2.45) is 5.73 Å². The predicted octanol–water partition coefficient (Wildman–Crippen LogP) is 3.44. The Balaban J connectivity index is 1.98. The van der Waals surface area contributed by atoms with Crippen LogP contribution in [0.5, 0.6) is 11.5 Å². The summed E-state index contributed by atoms with van der Waals surface area (Å²) >= 11 is 3.45. The van der Waals surface area contributed by atoms with Crippen molar-refractivity contribution in [2.45, 2.75) is 12.5 Å². The molecule has 3 nitrogen and oxygen atoms in total. The smallest absolute Gasteiger partial charge is 0.125 e. The number of rotatable bonds is 3. The highest BCUT2D eigenvalue weighted by atomic mass is 79.9. The molecule has 1 aliphatic rings. The fourth-order valence-corrected chi connectivity index (χ4v) is 2.86. The molecule has 0 saturated carbocycles. The van der Waals surface area contributed by atoms with Crippen molar-refractivity contribution < 1.29 is 9.47 Å². The molecule has 3 rings (SSSR count). The number of fused-ring (bicyclic) bond motifs is 1. The third-order valence-electron chi connectivity index (χ3n) is 3.60. The predicted molar refractivity (Wildman–Crippen MR) is 82.4 cm³/mol. The van der Waals surface area contributed by atoms with Crippen molar-refractivity contribution in [2.75, 3.05) is 13.7 Å². The molecule has 0 saturated heterocycles. The molecule has 0 aromatic heterocycles. The number of nitrogens with two attached hydrogens (primary N) is 1. The van der Waals surface area contributed by atoms with Crippen LogP contribution in [-0.2, 0) is 6.42 Å². The summed E-state index contributed by atoms with van der Waals surface area (Å²) < 4.78 is 11.9. The average Bonchev–Trinajstić information content (AvgIpc) is 2.93. The van der Waals surface area contributed by atoms with Gasteiger partial charge in [-0.05, 0) is 29.3 Å². The van der Waals surface area contributed by atoms with Gasteiger partial charge in [-0.3, -0.25) is 0 Å². The average molecular weight is 334 g/mol. The van der Waals surface area contributed by atoms with E-state index in [1.165, 1.54) is 5.56 Å². The first-order chi connectivity index (χ1) is 9.69. The second-order valence-corrected chi connectivity index (χ2v) is 5.75. The largest absolute Gasteiger partial charge is 0.496 e. The standard InChI is InChI=1S/C16H16BrNO2/c1-19-15-9-12(17)3-4-13(15)16(18)11-2-5-14-10(8-11)6-7-20-14/h2-5,8-9,16H,6-7,18H2,1H3. The Labute approximate surface area is 126 Å². The van der Waals surface area contributed by atoms with E-state index in [1.807, 2.05) is 30.3 Å². The molecular formula is C16H16BrNO2. The van der Waals surface area contributed by atoms with Gasteiger partial charge in [0.05, 0.1) is 19.8 Å². The van der Waals surface area contributed by atoms with Crippen LogP contribution in [0, 0.1) is 0 Å². The summed E-state index contributed by atoms with van der Waals surface area (Å²) in [6, 6.07) is 11.9. The molecule has 0 amide bonds. The molecule has 1 atom stereocenters. The molecule has 1 heterocycles. The lowest BCUT2D eigenvalue weighted by Crippen LogP contribution is -2.13. The maximum Gasteiger partial charge on any atom is 0.125 e. The second-order valence-electron chi connectivity index (χ2n) is 4.83. The maximum absolute atomic E-state index is 6.40. The van der Waals surface area contributed by atoms with Crippen LogP contribution in [-0.4, -0.2) is 13.7 Å². The van der Waals surface area contributed by atoms with Crippen LogP contribution < -0.4 is 15.2 Å². The van der Waals surface area contributed by atoms with Gasteiger partial charge in [-0.2, -0.15) is 0 Å². The van der Waals surface area contributed by atoms with Crippen LogP contribution >= 0.6 is 15.9 Å². The Morgan fingerprint density at radius 2 is 2.10 bits per heavy atom. The zero-order valence-corrected chi connectivity index (χ0v) is 12.8. The van der Waals surface area contributed by atoms with Gasteiger partial charge in [-0.1, -0.05) is 34.1 Å². The monoisotopic (exact) mass is 333 g/mol. The van der Waals surface area contributed by atoms with Gasteiger partial charge in [0.15, 0.2) is 0 Å². The number of hydrogen-bond donors (Lipinski definition) is 1. The van der Waals surface area contributed by atoms with Crippen LogP contribution in [0.3, 0.4) is 0 Å². The van der Waals surface area contributed by atoms with E-state index in [1.54, 1.807) is 7.11 Å². The lowest BCUT2D eigenvalue weighted by molar-refractivity contribution is 0.357. The lowest BCUT2D eigenvalue weighted by Gasteiger charge is -2.17. The van der Waals surface area contributed by atoms with E-state index in [-0.39, 0.29) is 6.04 Å². The van der Waals surface area contributed by atoms with Crippen molar-refractivity contribution in [3.8, 4) is 11.5 Å². The van der Waals surface area contributed by atoms with E-state index < -0.39 is 0 Å². The first kappa shape index (κ1) is 13.5. The number of ether oxygens (including phenoxy) is 2. The minimum Gasteiger partial charge on any atom is -0.496 e. The van der Waals surface area contributed by atoms with Crippen LogP contribution in [0.15, 0.2) is 40.9 Å². The van der Waals surface area contributed by atoms with Gasteiger partial charge >= 0.3 is 0 Å². The molecule has 1 unspecified atom stereocenters. The Kier molecular flexibility index (Phi) is 3.68. The summed E-state index contributed by atoms with van der Waals surface area (Å²) in [5, 5.41) is 0.